The SMILES string of the molecule is CC(C)CC/C=C/CC1CC(=O)OC1=O. The molecule has 3 nitrogen and oxygen atoms in total. The molecule has 0 spiro atoms. The summed E-state index contributed by atoms with van der Waals surface area (Å²) in [5.41, 5.74) is 0. The van der Waals surface area contributed by atoms with Crippen molar-refractivity contribution in [2.75, 3.05) is 0 Å². The first kappa shape index (κ1) is 12.0. The van der Waals surface area contributed by atoms with Gasteiger partial charge in [-0.15, -0.1) is 0 Å². The molecule has 1 fully saturated rings. The fourth-order valence-electron chi connectivity index (χ4n) is 1.51. The Balaban J connectivity index is 2.19. The number of esters is 2. The lowest BCUT2D eigenvalue weighted by atomic mass is 10.0. The van der Waals surface area contributed by atoms with Crippen LogP contribution in [0.1, 0.15) is 39.5 Å². The van der Waals surface area contributed by atoms with Gasteiger partial charge in [-0.1, -0.05) is 26.0 Å². The van der Waals surface area contributed by atoms with E-state index in [-0.39, 0.29) is 24.3 Å². The molecule has 15 heavy (non-hydrogen) atoms. The molecule has 0 aromatic carbocycles. The summed E-state index contributed by atoms with van der Waals surface area (Å²) in [6.45, 7) is 4.36. The van der Waals surface area contributed by atoms with Crippen LogP contribution in [0.15, 0.2) is 12.2 Å². The summed E-state index contributed by atoms with van der Waals surface area (Å²) in [5.74, 6) is -0.297. The van der Waals surface area contributed by atoms with Crippen LogP contribution in [0.4, 0.5) is 0 Å². The van der Waals surface area contributed by atoms with Crippen LogP contribution in [-0.4, -0.2) is 11.9 Å². The fraction of sp³-hybridized carbons (Fsp3) is 0.667. The quantitative estimate of drug-likeness (QED) is 0.397. The van der Waals surface area contributed by atoms with Crippen LogP contribution in [0.2, 0.25) is 0 Å². The summed E-state index contributed by atoms with van der Waals surface area (Å²) in [6.07, 6.45) is 7.12. The van der Waals surface area contributed by atoms with E-state index in [0.717, 1.165) is 12.8 Å². The van der Waals surface area contributed by atoms with E-state index < -0.39 is 0 Å². The topological polar surface area (TPSA) is 43.4 Å². The summed E-state index contributed by atoms with van der Waals surface area (Å²) in [5, 5.41) is 0. The average molecular weight is 210 g/mol. The minimum absolute atomic E-state index is 0.243. The minimum atomic E-state index is -0.388. The Bertz CT molecular complexity index is 266. The summed E-state index contributed by atoms with van der Waals surface area (Å²) >= 11 is 0. The van der Waals surface area contributed by atoms with E-state index in [1.165, 1.54) is 0 Å². The molecule has 3 heteroatoms. The molecule has 0 aromatic heterocycles. The van der Waals surface area contributed by atoms with Gasteiger partial charge in [0.2, 0.25) is 0 Å². The number of allylic oxidation sites excluding steroid dienone is 2. The third-order valence-corrected chi connectivity index (χ3v) is 2.46. The van der Waals surface area contributed by atoms with Gasteiger partial charge in [-0.25, -0.2) is 0 Å². The van der Waals surface area contributed by atoms with Gasteiger partial charge in [0.05, 0.1) is 12.3 Å². The van der Waals surface area contributed by atoms with Gasteiger partial charge < -0.3 is 4.74 Å². The average Bonchev–Trinajstić information content (AvgIpc) is 2.44. The molecule has 1 aliphatic heterocycles. The molecule has 1 atom stereocenters. The van der Waals surface area contributed by atoms with Gasteiger partial charge in [-0.3, -0.25) is 9.59 Å². The molecule has 1 heterocycles. The summed E-state index contributed by atoms with van der Waals surface area (Å²) in [6, 6.07) is 0. The summed E-state index contributed by atoms with van der Waals surface area (Å²) in [7, 11) is 0. The highest BCUT2D eigenvalue weighted by atomic mass is 16.6. The number of hydrogen-bond donors (Lipinski definition) is 0. The van der Waals surface area contributed by atoms with E-state index in [1.807, 2.05) is 6.08 Å². The van der Waals surface area contributed by atoms with Gasteiger partial charge in [0.15, 0.2) is 0 Å². The number of rotatable bonds is 5. The maximum atomic E-state index is 11.1. The lowest BCUT2D eigenvalue weighted by Gasteiger charge is -2.00. The molecular formula is C12H18O3. The van der Waals surface area contributed by atoms with Crippen LogP contribution in [0.25, 0.3) is 0 Å². The Morgan fingerprint density at radius 2 is 2.13 bits per heavy atom. The summed E-state index contributed by atoms with van der Waals surface area (Å²) in [4.78, 5) is 21.9. The zero-order chi connectivity index (χ0) is 11.3. The first-order valence-electron chi connectivity index (χ1n) is 5.49. The second kappa shape index (κ2) is 5.69. The van der Waals surface area contributed by atoms with Crippen molar-refractivity contribution in [3.63, 3.8) is 0 Å². The van der Waals surface area contributed by atoms with Crippen LogP contribution in [0.3, 0.4) is 0 Å². The second-order valence-electron chi connectivity index (χ2n) is 4.37. The van der Waals surface area contributed by atoms with Crippen molar-refractivity contribution < 1.29 is 14.3 Å². The van der Waals surface area contributed by atoms with Gasteiger partial charge in [-0.2, -0.15) is 0 Å². The lowest BCUT2D eigenvalue weighted by Crippen LogP contribution is -2.05. The van der Waals surface area contributed by atoms with Crippen LogP contribution in [0.5, 0.6) is 0 Å². The Morgan fingerprint density at radius 1 is 1.40 bits per heavy atom. The molecular weight excluding hydrogens is 192 g/mol. The minimum Gasteiger partial charge on any atom is -0.393 e. The van der Waals surface area contributed by atoms with Crippen LogP contribution < -0.4 is 0 Å². The van der Waals surface area contributed by atoms with Crippen molar-refractivity contribution in [2.45, 2.75) is 39.5 Å². The normalized spacial score (nSPS) is 21.7. The largest absolute Gasteiger partial charge is 0.393 e. The van der Waals surface area contributed by atoms with Gasteiger partial charge in [0, 0.05) is 0 Å². The van der Waals surface area contributed by atoms with E-state index in [9.17, 15) is 9.59 Å². The van der Waals surface area contributed by atoms with Crippen molar-refractivity contribution in [3.8, 4) is 0 Å². The van der Waals surface area contributed by atoms with Crippen LogP contribution >= 0.6 is 0 Å². The number of carbonyl (C=O) groups excluding carboxylic acids is 2. The number of cyclic esters (lactones) is 2. The molecule has 1 unspecified atom stereocenters. The first-order chi connectivity index (χ1) is 7.09. The molecule has 84 valence electrons. The van der Waals surface area contributed by atoms with Crippen molar-refractivity contribution in [1.82, 2.24) is 0 Å². The van der Waals surface area contributed by atoms with E-state index in [4.69, 9.17) is 0 Å². The Morgan fingerprint density at radius 3 is 2.67 bits per heavy atom. The van der Waals surface area contributed by atoms with Crippen molar-refractivity contribution >= 4 is 11.9 Å². The number of ether oxygens (including phenoxy) is 1. The van der Waals surface area contributed by atoms with Crippen molar-refractivity contribution in [2.24, 2.45) is 11.8 Å². The Hall–Kier alpha value is -1.12. The zero-order valence-corrected chi connectivity index (χ0v) is 9.36. The van der Waals surface area contributed by atoms with E-state index >= 15 is 0 Å². The third-order valence-electron chi connectivity index (χ3n) is 2.46. The van der Waals surface area contributed by atoms with Gasteiger partial charge in [-0.05, 0) is 25.2 Å². The molecule has 0 aromatic rings. The van der Waals surface area contributed by atoms with Gasteiger partial charge in [0.1, 0.15) is 0 Å². The fourth-order valence-corrected chi connectivity index (χ4v) is 1.51. The van der Waals surface area contributed by atoms with E-state index in [1.54, 1.807) is 0 Å². The highest BCUT2D eigenvalue weighted by Gasteiger charge is 2.31. The standard InChI is InChI=1S/C12H18O3/c1-9(2)6-4-3-5-7-10-8-11(13)15-12(10)14/h3,5,9-10H,4,6-8H2,1-2H3/b5-3+. The highest BCUT2D eigenvalue weighted by Crippen LogP contribution is 2.19. The second-order valence-corrected chi connectivity index (χ2v) is 4.37. The van der Waals surface area contributed by atoms with Crippen molar-refractivity contribution in [3.05, 3.63) is 12.2 Å². The molecule has 0 aliphatic carbocycles. The highest BCUT2D eigenvalue weighted by molar-refractivity contribution is 5.94. The predicted molar refractivity (Wildman–Crippen MR) is 57.0 cm³/mol. The zero-order valence-electron chi connectivity index (χ0n) is 9.36. The van der Waals surface area contributed by atoms with Gasteiger partial charge >= 0.3 is 11.9 Å². The van der Waals surface area contributed by atoms with E-state index in [0.29, 0.717) is 12.3 Å². The lowest BCUT2D eigenvalue weighted by molar-refractivity contribution is -0.153. The van der Waals surface area contributed by atoms with Crippen LogP contribution in [-0.2, 0) is 14.3 Å². The molecule has 0 amide bonds. The Kier molecular flexibility index (Phi) is 4.53. The molecule has 0 saturated carbocycles. The predicted octanol–water partition coefficient (Wildman–Crippen LogP) is 2.46. The first-order valence-corrected chi connectivity index (χ1v) is 5.49. The third kappa shape index (κ3) is 4.28. The maximum Gasteiger partial charge on any atom is 0.317 e. The Labute approximate surface area is 90.5 Å². The number of carbonyl (C=O) groups is 2. The maximum absolute atomic E-state index is 11.1. The smallest absolute Gasteiger partial charge is 0.317 e. The molecule has 0 radical (unpaired) electrons. The molecule has 0 N–H and O–H groups in total. The molecule has 1 saturated heterocycles. The number of hydrogen-bond acceptors (Lipinski definition) is 3. The van der Waals surface area contributed by atoms with Crippen LogP contribution in [0, 0.1) is 11.8 Å². The molecule has 1 aliphatic rings. The van der Waals surface area contributed by atoms with Gasteiger partial charge in [0.25, 0.3) is 0 Å². The van der Waals surface area contributed by atoms with E-state index in [2.05, 4.69) is 24.7 Å². The molecule has 0 bridgehead atoms. The summed E-state index contributed by atoms with van der Waals surface area (Å²) < 4.78 is 4.46. The molecule has 1 rings (SSSR count). The van der Waals surface area contributed by atoms with Crippen molar-refractivity contribution in [1.29, 1.82) is 0 Å². The monoisotopic (exact) mass is 210 g/mol.